The number of fused-ring (bicyclic) bond motifs is 1. The Labute approximate surface area is 366 Å². The lowest BCUT2D eigenvalue weighted by Crippen LogP contribution is -2.20. The Morgan fingerprint density at radius 3 is 1.23 bits per heavy atom. The Hall–Kier alpha value is -5.84. The number of aliphatic hydroxyl groups excluding tert-OH is 1. The maximum atomic E-state index is 7.00. The lowest BCUT2D eigenvalue weighted by Gasteiger charge is -2.30. The molecule has 0 amide bonds. The van der Waals surface area contributed by atoms with E-state index in [9.17, 15) is 0 Å². The van der Waals surface area contributed by atoms with Crippen molar-refractivity contribution in [2.45, 2.75) is 94.9 Å². The van der Waals surface area contributed by atoms with Gasteiger partial charge in [-0.3, -0.25) is 0 Å². The Morgan fingerprint density at radius 1 is 0.459 bits per heavy atom. The highest BCUT2D eigenvalue weighted by Gasteiger charge is 2.23. The third kappa shape index (κ3) is 9.56. The van der Waals surface area contributed by atoms with E-state index < -0.39 is 0 Å². The highest BCUT2D eigenvalue weighted by atomic mass is 16.2. The first-order chi connectivity index (χ1) is 29.4. The van der Waals surface area contributed by atoms with Gasteiger partial charge < -0.3 is 20.2 Å². The third-order valence-electron chi connectivity index (χ3n) is 12.0. The number of aliphatic hydroxyl groups is 1. The van der Waals surface area contributed by atoms with E-state index in [0.29, 0.717) is 0 Å². The first-order valence-electron chi connectivity index (χ1n) is 22.1. The summed E-state index contributed by atoms with van der Waals surface area (Å²) in [5, 5.41) is 13.3. The number of hydrogen-bond acceptors (Lipinski definition) is 4. The van der Waals surface area contributed by atoms with Crippen LogP contribution in [0.5, 0.6) is 0 Å². The Bertz CT molecular complexity index is 2420. The van der Waals surface area contributed by atoms with E-state index in [-0.39, 0.29) is 5.92 Å². The molecular weight excluding hydrogens is 743 g/mol. The molecule has 316 valence electrons. The van der Waals surface area contributed by atoms with Gasteiger partial charge in [-0.15, -0.1) is 0 Å². The summed E-state index contributed by atoms with van der Waals surface area (Å²) in [4.78, 5) is 5.03. The molecule has 7 aromatic carbocycles. The minimum atomic E-state index is 0.0184. The standard InChI is InChI=1S/C56H63N3.CH4O/c1-12-28-58(55-41(8)32-37(4)33-42(55)9)47-22-18-45(19-23-47)53(46-20-24-48(25-21-46)59(29-13-2)56-43(10)34-38(5)35-44(56)11)51-26-27-52(50-17-15-14-16-49(50)51)57-54-39(6)30-36(3)31-40(54)7;1-2/h14-27,30-35,53,57H,12-13,28-29H2,1-11H3;2H,1H3. The Balaban J connectivity index is 0.00000307. The van der Waals surface area contributed by atoms with E-state index >= 15 is 0 Å². The molecule has 0 aromatic heterocycles. The van der Waals surface area contributed by atoms with Gasteiger partial charge >= 0.3 is 0 Å². The predicted molar refractivity (Wildman–Crippen MR) is 266 cm³/mol. The van der Waals surface area contributed by atoms with Gasteiger partial charge in [-0.25, -0.2) is 0 Å². The smallest absolute Gasteiger partial charge is 0.0470 e. The number of hydrogen-bond donors (Lipinski definition) is 2. The van der Waals surface area contributed by atoms with Gasteiger partial charge in [0.25, 0.3) is 0 Å². The van der Waals surface area contributed by atoms with Crippen molar-refractivity contribution < 1.29 is 5.11 Å². The molecule has 0 radical (unpaired) electrons. The van der Waals surface area contributed by atoms with Crippen molar-refractivity contribution in [2.75, 3.05) is 35.3 Å². The largest absolute Gasteiger partial charge is 0.400 e. The summed E-state index contributed by atoms with van der Waals surface area (Å²) in [5.41, 5.74) is 23.0. The number of anilines is 6. The summed E-state index contributed by atoms with van der Waals surface area (Å²) in [6, 6.07) is 46.2. The second-order valence-corrected chi connectivity index (χ2v) is 17.1. The molecule has 0 atom stereocenters. The molecule has 4 heteroatoms. The van der Waals surface area contributed by atoms with Crippen LogP contribution in [0.3, 0.4) is 0 Å². The highest BCUT2D eigenvalue weighted by molar-refractivity contribution is 5.98. The molecule has 0 bridgehead atoms. The van der Waals surface area contributed by atoms with Crippen LogP contribution in [0.4, 0.5) is 34.1 Å². The number of rotatable bonds is 13. The van der Waals surface area contributed by atoms with Crippen LogP contribution in [-0.4, -0.2) is 25.3 Å². The molecule has 0 spiro atoms. The van der Waals surface area contributed by atoms with Crippen LogP contribution in [0.15, 0.2) is 121 Å². The summed E-state index contributed by atoms with van der Waals surface area (Å²) in [6.45, 7) is 26.4. The number of nitrogens with one attached hydrogen (secondary N) is 1. The van der Waals surface area contributed by atoms with E-state index in [1.807, 2.05) is 0 Å². The fraction of sp³-hybridized carbons (Fsp3) is 0.298. The van der Waals surface area contributed by atoms with Gasteiger partial charge in [-0.1, -0.05) is 122 Å². The van der Waals surface area contributed by atoms with Crippen LogP contribution in [0, 0.1) is 62.3 Å². The topological polar surface area (TPSA) is 38.7 Å². The summed E-state index contributed by atoms with van der Waals surface area (Å²) < 4.78 is 0. The SMILES string of the molecule is CCCN(c1ccc(C(c2ccc(N(CCC)c3c(C)cc(C)cc3C)cc2)c2ccc(Nc3c(C)cc(C)cc3C)c3ccccc23)cc1)c1c(C)cc(C)cc1C.CO. The van der Waals surface area contributed by atoms with Crippen LogP contribution < -0.4 is 15.1 Å². The van der Waals surface area contributed by atoms with E-state index in [1.54, 1.807) is 0 Å². The molecule has 0 unspecified atom stereocenters. The second kappa shape index (κ2) is 19.7. The fourth-order valence-corrected chi connectivity index (χ4v) is 9.82. The minimum Gasteiger partial charge on any atom is -0.400 e. The molecule has 2 N–H and O–H groups in total. The van der Waals surface area contributed by atoms with Crippen molar-refractivity contribution in [3.8, 4) is 0 Å². The van der Waals surface area contributed by atoms with Gasteiger partial charge in [0.05, 0.1) is 0 Å². The number of nitrogens with zero attached hydrogens (tertiary/aromatic N) is 2. The van der Waals surface area contributed by atoms with Crippen molar-refractivity contribution in [3.63, 3.8) is 0 Å². The molecule has 7 aromatic rings. The van der Waals surface area contributed by atoms with Crippen LogP contribution in [0.2, 0.25) is 0 Å². The van der Waals surface area contributed by atoms with Crippen molar-refractivity contribution >= 4 is 44.9 Å². The molecule has 61 heavy (non-hydrogen) atoms. The summed E-state index contributed by atoms with van der Waals surface area (Å²) in [7, 11) is 1.00. The van der Waals surface area contributed by atoms with E-state index in [2.05, 4.69) is 213 Å². The van der Waals surface area contributed by atoms with Crippen LogP contribution >= 0.6 is 0 Å². The molecule has 0 saturated carbocycles. The van der Waals surface area contributed by atoms with Gasteiger partial charge in [0.1, 0.15) is 0 Å². The third-order valence-corrected chi connectivity index (χ3v) is 12.0. The van der Waals surface area contributed by atoms with Crippen molar-refractivity contribution in [3.05, 3.63) is 188 Å². The molecule has 0 aliphatic heterocycles. The number of aryl methyl sites for hydroxylation is 9. The van der Waals surface area contributed by atoms with E-state index in [0.717, 1.165) is 38.7 Å². The van der Waals surface area contributed by atoms with Gasteiger partial charge in [-0.2, -0.15) is 0 Å². The summed E-state index contributed by atoms with van der Waals surface area (Å²) in [6.07, 6.45) is 2.13. The molecular formula is C57H67N3O. The molecule has 0 saturated heterocycles. The maximum absolute atomic E-state index is 7.00. The average Bonchev–Trinajstić information content (AvgIpc) is 3.23. The molecule has 0 heterocycles. The normalized spacial score (nSPS) is 11.1. The molecule has 0 aliphatic carbocycles. The fourth-order valence-electron chi connectivity index (χ4n) is 9.82. The molecule has 0 fully saturated rings. The molecule has 0 aliphatic rings. The monoisotopic (exact) mass is 810 g/mol. The van der Waals surface area contributed by atoms with E-state index in [4.69, 9.17) is 5.11 Å². The Kier molecular flexibility index (Phi) is 14.4. The molecule has 4 nitrogen and oxygen atoms in total. The second-order valence-electron chi connectivity index (χ2n) is 17.1. The zero-order valence-electron chi connectivity index (χ0n) is 38.8. The van der Waals surface area contributed by atoms with Crippen LogP contribution in [-0.2, 0) is 0 Å². The van der Waals surface area contributed by atoms with Crippen molar-refractivity contribution in [1.29, 1.82) is 0 Å². The quantitative estimate of drug-likeness (QED) is 0.114. The van der Waals surface area contributed by atoms with Gasteiger partial charge in [0.15, 0.2) is 0 Å². The summed E-state index contributed by atoms with van der Waals surface area (Å²) in [5.74, 6) is 0.0184. The predicted octanol–water partition coefficient (Wildman–Crippen LogP) is 15.2. The Morgan fingerprint density at radius 2 is 0.836 bits per heavy atom. The maximum Gasteiger partial charge on any atom is 0.0470 e. The first kappa shape index (κ1) is 44.7. The zero-order chi connectivity index (χ0) is 44.0. The van der Waals surface area contributed by atoms with Crippen LogP contribution in [0.1, 0.15) is 99.4 Å². The number of benzene rings is 7. The molecule has 7 rings (SSSR count). The van der Waals surface area contributed by atoms with E-state index in [1.165, 1.54) is 106 Å². The highest BCUT2D eigenvalue weighted by Crippen LogP contribution is 2.42. The minimum absolute atomic E-state index is 0.0184. The van der Waals surface area contributed by atoms with Crippen molar-refractivity contribution in [2.24, 2.45) is 0 Å². The average molecular weight is 810 g/mol. The van der Waals surface area contributed by atoms with Crippen molar-refractivity contribution in [1.82, 2.24) is 0 Å². The first-order valence-corrected chi connectivity index (χ1v) is 22.1. The van der Waals surface area contributed by atoms with Gasteiger partial charge in [-0.05, 0) is 161 Å². The zero-order valence-corrected chi connectivity index (χ0v) is 38.8. The summed E-state index contributed by atoms with van der Waals surface area (Å²) >= 11 is 0. The lowest BCUT2D eigenvalue weighted by molar-refractivity contribution is 0.399. The van der Waals surface area contributed by atoms with Crippen LogP contribution in [0.25, 0.3) is 10.8 Å². The lowest BCUT2D eigenvalue weighted by atomic mass is 9.82. The van der Waals surface area contributed by atoms with Gasteiger partial charge in [0.2, 0.25) is 0 Å². The van der Waals surface area contributed by atoms with Gasteiger partial charge in [0, 0.05) is 65.6 Å².